The zero-order chi connectivity index (χ0) is 18.5. The topological polar surface area (TPSA) is 68.5 Å². The Kier molecular flexibility index (Phi) is 5.63. The number of benzene rings is 2. The van der Waals surface area contributed by atoms with E-state index >= 15 is 0 Å². The highest BCUT2D eigenvalue weighted by atomic mass is 32.2. The van der Waals surface area contributed by atoms with Crippen LogP contribution < -0.4 is 5.32 Å². The maximum absolute atomic E-state index is 12.5. The third-order valence-corrected chi connectivity index (χ3v) is 4.59. The minimum Gasteiger partial charge on any atom is -0.460 e. The minimum atomic E-state index is -0.594. The number of thioether (sulfide) groups is 1. The van der Waals surface area contributed by atoms with E-state index in [2.05, 4.69) is 5.32 Å². The van der Waals surface area contributed by atoms with Crippen molar-refractivity contribution in [3.63, 3.8) is 0 Å². The third-order valence-electron chi connectivity index (χ3n) is 3.84. The maximum Gasteiger partial charge on any atom is 0.376 e. The van der Waals surface area contributed by atoms with Crippen molar-refractivity contribution in [2.75, 3.05) is 18.2 Å². The zero-order valence-electron chi connectivity index (χ0n) is 14.6. The number of ether oxygens (including phenoxy) is 1. The molecule has 0 radical (unpaired) electrons. The lowest BCUT2D eigenvalue weighted by Gasteiger charge is -2.07. The Morgan fingerprint density at radius 1 is 1.12 bits per heavy atom. The molecule has 0 aliphatic heterocycles. The second kappa shape index (κ2) is 8.10. The van der Waals surface area contributed by atoms with Crippen LogP contribution >= 0.6 is 11.8 Å². The van der Waals surface area contributed by atoms with Gasteiger partial charge in [0.2, 0.25) is 11.7 Å². The van der Waals surface area contributed by atoms with Crippen LogP contribution in [0.1, 0.15) is 23.0 Å². The van der Waals surface area contributed by atoms with Gasteiger partial charge in [0.15, 0.2) is 0 Å². The lowest BCUT2D eigenvalue weighted by atomic mass is 10.1. The van der Waals surface area contributed by atoms with Gasteiger partial charge in [0.1, 0.15) is 11.3 Å². The molecule has 0 unspecified atom stereocenters. The van der Waals surface area contributed by atoms with Crippen LogP contribution in [0.5, 0.6) is 0 Å². The Bertz CT molecular complexity index is 931. The van der Waals surface area contributed by atoms with Gasteiger partial charge in [-0.05, 0) is 43.0 Å². The number of carbonyl (C=O) groups is 2. The Morgan fingerprint density at radius 2 is 1.85 bits per heavy atom. The molecule has 0 spiro atoms. The summed E-state index contributed by atoms with van der Waals surface area (Å²) >= 11 is 1.65. The molecule has 0 bridgehead atoms. The molecule has 6 heteroatoms. The average molecular weight is 369 g/mol. The van der Waals surface area contributed by atoms with E-state index < -0.39 is 5.97 Å². The fraction of sp³-hybridized carbons (Fsp3) is 0.200. The van der Waals surface area contributed by atoms with Crippen LogP contribution in [-0.2, 0) is 16.0 Å². The van der Waals surface area contributed by atoms with Crippen LogP contribution in [-0.4, -0.2) is 24.7 Å². The molecule has 1 heterocycles. The van der Waals surface area contributed by atoms with E-state index in [-0.39, 0.29) is 24.7 Å². The summed E-state index contributed by atoms with van der Waals surface area (Å²) in [7, 11) is 0. The van der Waals surface area contributed by atoms with Gasteiger partial charge in [-0.1, -0.05) is 24.3 Å². The molecule has 1 amide bonds. The van der Waals surface area contributed by atoms with Crippen LogP contribution in [0.15, 0.2) is 57.8 Å². The summed E-state index contributed by atoms with van der Waals surface area (Å²) in [6, 6.07) is 15.0. The predicted octanol–water partition coefficient (Wildman–Crippen LogP) is 4.51. The summed E-state index contributed by atoms with van der Waals surface area (Å²) in [6.45, 7) is 1.95. The summed E-state index contributed by atoms with van der Waals surface area (Å²) in [5.41, 5.74) is 1.77. The molecule has 5 nitrogen and oxygen atoms in total. The minimum absolute atomic E-state index is 0.0131. The second-order valence-electron chi connectivity index (χ2n) is 5.60. The molecule has 0 aliphatic rings. The van der Waals surface area contributed by atoms with Gasteiger partial charge in [0, 0.05) is 10.3 Å². The molecular formula is C20H19NO4S. The van der Waals surface area contributed by atoms with Gasteiger partial charge in [0.05, 0.1) is 13.0 Å². The maximum atomic E-state index is 12.5. The smallest absolute Gasteiger partial charge is 0.376 e. The number of amides is 1. The van der Waals surface area contributed by atoms with E-state index in [9.17, 15) is 9.59 Å². The van der Waals surface area contributed by atoms with Crippen LogP contribution in [0, 0.1) is 0 Å². The van der Waals surface area contributed by atoms with Crippen LogP contribution in [0.3, 0.4) is 0 Å². The molecule has 134 valence electrons. The molecule has 0 fully saturated rings. The molecule has 26 heavy (non-hydrogen) atoms. The summed E-state index contributed by atoms with van der Waals surface area (Å²) in [5.74, 6) is -0.804. The van der Waals surface area contributed by atoms with E-state index in [1.165, 1.54) is 0 Å². The number of furan rings is 1. The second-order valence-corrected chi connectivity index (χ2v) is 6.48. The van der Waals surface area contributed by atoms with Gasteiger partial charge < -0.3 is 14.5 Å². The van der Waals surface area contributed by atoms with Crippen molar-refractivity contribution >= 4 is 40.3 Å². The molecule has 3 aromatic rings. The number of nitrogens with one attached hydrogen (secondary N) is 1. The van der Waals surface area contributed by atoms with Gasteiger partial charge in [0.25, 0.3) is 0 Å². The van der Waals surface area contributed by atoms with Crippen molar-refractivity contribution < 1.29 is 18.7 Å². The summed E-state index contributed by atoms with van der Waals surface area (Å²) in [4.78, 5) is 25.8. The largest absolute Gasteiger partial charge is 0.460 e. The standard InChI is InChI=1S/C20H19NO4S/c1-3-24-20(23)19-18(15-6-4-5-7-16(15)25-19)21-17(22)12-13-8-10-14(26-2)11-9-13/h4-11H,3,12H2,1-2H3,(H,21,22). The molecule has 2 aromatic carbocycles. The highest BCUT2D eigenvalue weighted by Crippen LogP contribution is 2.31. The lowest BCUT2D eigenvalue weighted by molar-refractivity contribution is -0.115. The van der Waals surface area contributed by atoms with Gasteiger partial charge in [-0.2, -0.15) is 0 Å². The first kappa shape index (κ1) is 18.1. The van der Waals surface area contributed by atoms with E-state index in [1.807, 2.05) is 36.6 Å². The Labute approximate surface area is 155 Å². The summed E-state index contributed by atoms with van der Waals surface area (Å²) < 4.78 is 10.6. The highest BCUT2D eigenvalue weighted by Gasteiger charge is 2.23. The average Bonchev–Trinajstić information content (AvgIpc) is 3.01. The molecule has 1 N–H and O–H groups in total. The van der Waals surface area contributed by atoms with Crippen LogP contribution in [0.2, 0.25) is 0 Å². The normalized spacial score (nSPS) is 10.7. The summed E-state index contributed by atoms with van der Waals surface area (Å²) in [6.07, 6.45) is 2.21. The monoisotopic (exact) mass is 369 g/mol. The first-order valence-corrected chi connectivity index (χ1v) is 9.46. The zero-order valence-corrected chi connectivity index (χ0v) is 15.4. The number of para-hydroxylation sites is 1. The van der Waals surface area contributed by atoms with Crippen molar-refractivity contribution in [1.82, 2.24) is 0 Å². The predicted molar refractivity (Wildman–Crippen MR) is 103 cm³/mol. The van der Waals surface area contributed by atoms with Crippen molar-refractivity contribution in [2.24, 2.45) is 0 Å². The Morgan fingerprint density at radius 3 is 2.54 bits per heavy atom. The van der Waals surface area contributed by atoms with E-state index in [1.54, 1.807) is 36.9 Å². The Hall–Kier alpha value is -2.73. The van der Waals surface area contributed by atoms with Crippen molar-refractivity contribution in [3.05, 3.63) is 59.9 Å². The van der Waals surface area contributed by atoms with Crippen LogP contribution in [0.4, 0.5) is 5.69 Å². The molecule has 0 atom stereocenters. The van der Waals surface area contributed by atoms with Gasteiger partial charge in [-0.15, -0.1) is 11.8 Å². The van der Waals surface area contributed by atoms with Crippen molar-refractivity contribution in [1.29, 1.82) is 0 Å². The molecule has 3 rings (SSSR count). The van der Waals surface area contributed by atoms with Gasteiger partial charge in [-0.3, -0.25) is 4.79 Å². The number of fused-ring (bicyclic) bond motifs is 1. The number of rotatable bonds is 6. The molecule has 0 aliphatic carbocycles. The van der Waals surface area contributed by atoms with E-state index in [0.29, 0.717) is 16.7 Å². The number of esters is 1. The fourth-order valence-corrected chi connectivity index (χ4v) is 3.03. The summed E-state index contributed by atoms with van der Waals surface area (Å²) in [5, 5.41) is 3.48. The number of carbonyl (C=O) groups excluding carboxylic acids is 2. The SMILES string of the molecule is CCOC(=O)c1oc2ccccc2c1NC(=O)Cc1ccc(SC)cc1. The fourth-order valence-electron chi connectivity index (χ4n) is 2.62. The Balaban J connectivity index is 1.85. The molecule has 0 saturated carbocycles. The number of hydrogen-bond donors (Lipinski definition) is 1. The molecule has 0 saturated heterocycles. The third kappa shape index (κ3) is 3.91. The van der Waals surface area contributed by atoms with Gasteiger partial charge in [-0.25, -0.2) is 4.79 Å². The van der Waals surface area contributed by atoms with Gasteiger partial charge >= 0.3 is 5.97 Å². The lowest BCUT2D eigenvalue weighted by Crippen LogP contribution is -2.16. The van der Waals surface area contributed by atoms with Crippen LogP contribution in [0.25, 0.3) is 11.0 Å². The van der Waals surface area contributed by atoms with Crippen molar-refractivity contribution in [2.45, 2.75) is 18.2 Å². The van der Waals surface area contributed by atoms with E-state index in [4.69, 9.17) is 9.15 Å². The number of hydrogen-bond acceptors (Lipinski definition) is 5. The van der Waals surface area contributed by atoms with Crippen molar-refractivity contribution in [3.8, 4) is 0 Å². The molecule has 1 aromatic heterocycles. The molecular weight excluding hydrogens is 350 g/mol. The first-order chi connectivity index (χ1) is 12.6. The number of anilines is 1. The first-order valence-electron chi connectivity index (χ1n) is 8.23. The highest BCUT2D eigenvalue weighted by molar-refractivity contribution is 7.98. The quantitative estimate of drug-likeness (QED) is 0.511. The van der Waals surface area contributed by atoms with E-state index in [0.717, 1.165) is 10.5 Å².